The van der Waals surface area contributed by atoms with Crippen molar-refractivity contribution in [1.82, 2.24) is 0 Å². The van der Waals surface area contributed by atoms with Crippen LogP contribution in [0, 0.1) is 11.8 Å². The maximum Gasteiger partial charge on any atom is 0.286 e. The predicted molar refractivity (Wildman–Crippen MR) is 154 cm³/mol. The molecule has 4 atom stereocenters. The minimum atomic E-state index is -1.32. The van der Waals surface area contributed by atoms with Gasteiger partial charge < -0.3 is 15.4 Å². The Hall–Kier alpha value is -1.15. The van der Waals surface area contributed by atoms with E-state index in [1.807, 2.05) is 62.3 Å². The standard InChI is InChI=1S/C27H44N2O2.C4H9N.O.Os/c1-19-15-16-21(27(8,9)20-13-11-10-12-14-20)23(17-19)31-24(30)22(29-26(5,6)7)18-28-25(2,3)4;1-4(2,3)5;;/h10-14,19,21-23H,15-18H2,1-9H3;1-3H3;;/q-2;;;+2. The molecule has 0 heterocycles. The van der Waals surface area contributed by atoms with E-state index in [2.05, 4.69) is 54.7 Å². The van der Waals surface area contributed by atoms with Gasteiger partial charge in [0.05, 0.1) is 0 Å². The van der Waals surface area contributed by atoms with Crippen molar-refractivity contribution in [3.63, 3.8) is 0 Å². The average molecular weight is 706 g/mol. The van der Waals surface area contributed by atoms with Crippen LogP contribution in [0.1, 0.15) is 108 Å². The summed E-state index contributed by atoms with van der Waals surface area (Å²) in [6.45, 7) is 25.2. The molecule has 2 rings (SSSR count). The molecule has 218 valence electrons. The molecule has 38 heavy (non-hydrogen) atoms. The smallest absolute Gasteiger partial charge is 0.286 e. The third-order valence-electron chi connectivity index (χ3n) is 6.59. The van der Waals surface area contributed by atoms with E-state index in [4.69, 9.17) is 15.4 Å². The molecular formula is C31H53N3O3Os. The van der Waals surface area contributed by atoms with E-state index >= 15 is 0 Å². The van der Waals surface area contributed by atoms with Gasteiger partial charge in [0.25, 0.3) is 5.97 Å². The minimum Gasteiger partial charge on any atom is -0.658 e. The molecule has 1 fully saturated rings. The molecule has 7 heteroatoms. The molecule has 1 aliphatic carbocycles. The normalized spacial score (nSPS) is 21.5. The molecule has 0 bridgehead atoms. The van der Waals surface area contributed by atoms with Crippen LogP contribution in [-0.4, -0.2) is 41.3 Å². The molecule has 0 spiro atoms. The van der Waals surface area contributed by atoms with Crippen molar-refractivity contribution in [2.24, 2.45) is 15.5 Å². The largest absolute Gasteiger partial charge is 0.658 e. The Morgan fingerprint density at radius 2 is 1.55 bits per heavy atom. The van der Waals surface area contributed by atoms with E-state index in [1.165, 1.54) is 12.0 Å². The second kappa shape index (κ2) is 14.5. The van der Waals surface area contributed by atoms with Crippen LogP contribution >= 0.6 is 0 Å². The van der Waals surface area contributed by atoms with E-state index < -0.39 is 23.2 Å². The van der Waals surface area contributed by atoms with E-state index in [9.17, 15) is 8.33 Å². The summed E-state index contributed by atoms with van der Waals surface area (Å²) < 4.78 is 20.0. The molecule has 0 radical (unpaired) electrons. The molecule has 0 aliphatic heterocycles. The molecule has 0 amide bonds. The van der Waals surface area contributed by atoms with Gasteiger partial charge in [-0.05, 0) is 29.7 Å². The van der Waals surface area contributed by atoms with Crippen molar-refractivity contribution in [2.75, 3.05) is 6.54 Å². The maximum absolute atomic E-state index is 13.3. The van der Waals surface area contributed by atoms with Gasteiger partial charge in [0.2, 0.25) is 0 Å². The summed E-state index contributed by atoms with van der Waals surface area (Å²) in [5.74, 6) is 0.610. The fourth-order valence-electron chi connectivity index (χ4n) is 4.69. The van der Waals surface area contributed by atoms with Crippen molar-refractivity contribution >= 4 is 5.97 Å². The van der Waals surface area contributed by atoms with Crippen LogP contribution < -0.4 is 0 Å². The zero-order valence-corrected chi connectivity index (χ0v) is 28.5. The first kappa shape index (κ1) is 34.9. The number of benzene rings is 1. The van der Waals surface area contributed by atoms with Gasteiger partial charge >= 0.3 is 50.7 Å². The van der Waals surface area contributed by atoms with Gasteiger partial charge in [-0.3, -0.25) is 4.79 Å². The quantitative estimate of drug-likeness (QED) is 0.267. The van der Waals surface area contributed by atoms with Crippen LogP contribution in [0.5, 0.6) is 0 Å². The van der Waals surface area contributed by atoms with Crippen LogP contribution in [0.15, 0.2) is 34.0 Å². The summed E-state index contributed by atoms with van der Waals surface area (Å²) >= 11 is -1.32. The van der Waals surface area contributed by atoms with Crippen molar-refractivity contribution in [3.05, 3.63) is 46.5 Å². The summed E-state index contributed by atoms with van der Waals surface area (Å²) in [5, 5.41) is 9.46. The third kappa shape index (κ3) is 13.3. The second-order valence-electron chi connectivity index (χ2n) is 14.2. The molecule has 0 saturated heterocycles. The van der Waals surface area contributed by atoms with Gasteiger partial charge in [0.15, 0.2) is 0 Å². The van der Waals surface area contributed by atoms with E-state index in [0.717, 1.165) is 12.8 Å². The van der Waals surface area contributed by atoms with Gasteiger partial charge in [-0.2, -0.15) is 6.54 Å². The van der Waals surface area contributed by atoms with Crippen LogP contribution in [0.4, 0.5) is 0 Å². The minimum absolute atomic E-state index is 0.0706. The fourth-order valence-corrected chi connectivity index (χ4v) is 5.38. The first-order valence-corrected chi connectivity index (χ1v) is 16.1. The van der Waals surface area contributed by atoms with E-state index in [0.29, 0.717) is 12.5 Å². The Balaban J connectivity index is 0.000000905. The summed E-state index contributed by atoms with van der Waals surface area (Å²) in [7, 11) is 0. The van der Waals surface area contributed by atoms with Gasteiger partial charge in [-0.15, -0.1) is 11.1 Å². The number of ether oxygens (including phenoxy) is 1. The first-order valence-electron chi connectivity index (χ1n) is 13.9. The first-order chi connectivity index (χ1) is 17.2. The number of esters is 1. The molecule has 6 nitrogen and oxygen atoms in total. The van der Waals surface area contributed by atoms with Crippen LogP contribution in [-0.2, 0) is 35.7 Å². The SMILES string of the molecule is CC(C)(C)[N]=[Os+2]=[O].CC1CCC(C(C)(C)c2ccccc2)C(OC(=O)C(C[N-]C(C)(C)C)[N-]C(C)(C)C)C1. The van der Waals surface area contributed by atoms with Crippen molar-refractivity contribution in [3.8, 4) is 0 Å². The summed E-state index contributed by atoms with van der Waals surface area (Å²) in [4.78, 5) is 13.3. The van der Waals surface area contributed by atoms with Gasteiger partial charge in [0, 0.05) is 5.92 Å². The van der Waals surface area contributed by atoms with Crippen molar-refractivity contribution in [2.45, 2.75) is 137 Å². The Morgan fingerprint density at radius 3 is 2.00 bits per heavy atom. The molecule has 1 aliphatic rings. The van der Waals surface area contributed by atoms with Crippen molar-refractivity contribution in [1.29, 1.82) is 0 Å². The van der Waals surface area contributed by atoms with Crippen LogP contribution in [0.2, 0.25) is 0 Å². The van der Waals surface area contributed by atoms with Gasteiger partial charge in [0.1, 0.15) is 6.10 Å². The zero-order chi connectivity index (χ0) is 29.4. The topological polar surface area (TPSA) is 83.9 Å². The Kier molecular flexibility index (Phi) is 13.3. The molecule has 1 aromatic rings. The Labute approximate surface area is 240 Å². The number of nitrogens with zero attached hydrogens (tertiary/aromatic N) is 3. The number of hydrogen-bond donors (Lipinski definition) is 0. The molecular weight excluding hydrogens is 653 g/mol. The van der Waals surface area contributed by atoms with Gasteiger partial charge in [-0.1, -0.05) is 105 Å². The van der Waals surface area contributed by atoms with E-state index in [1.54, 1.807) is 0 Å². The van der Waals surface area contributed by atoms with E-state index in [-0.39, 0.29) is 40.0 Å². The second-order valence-corrected chi connectivity index (χ2v) is 15.3. The number of carbonyl (C=O) groups excluding carboxylic acids is 1. The molecule has 1 saturated carbocycles. The fraction of sp³-hybridized carbons (Fsp3) is 0.774. The van der Waals surface area contributed by atoms with Crippen LogP contribution in [0.25, 0.3) is 10.6 Å². The van der Waals surface area contributed by atoms with Crippen molar-refractivity contribution < 1.29 is 30.2 Å². The Morgan fingerprint density at radius 1 is 0.974 bits per heavy atom. The monoisotopic (exact) mass is 707 g/mol. The molecule has 0 N–H and O–H groups in total. The molecule has 0 aromatic heterocycles. The predicted octanol–water partition coefficient (Wildman–Crippen LogP) is 8.42. The Bertz CT molecular complexity index is 907. The zero-order valence-electron chi connectivity index (χ0n) is 25.9. The van der Waals surface area contributed by atoms with Gasteiger partial charge in [-0.25, -0.2) is 0 Å². The summed E-state index contributed by atoms with van der Waals surface area (Å²) in [5.41, 5.74) is 0.629. The van der Waals surface area contributed by atoms with Crippen LogP contribution in [0.3, 0.4) is 0 Å². The number of carbonyl (C=O) groups is 1. The third-order valence-corrected chi connectivity index (χ3v) is 8.53. The molecule has 4 unspecified atom stereocenters. The summed E-state index contributed by atoms with van der Waals surface area (Å²) in [6.07, 6.45) is 3.04. The number of rotatable bonds is 7. The summed E-state index contributed by atoms with van der Waals surface area (Å²) in [6, 6.07) is 10.1. The average Bonchev–Trinajstić information content (AvgIpc) is 2.75. The molecule has 1 aromatic carbocycles. The number of hydrogen-bond acceptors (Lipinski definition) is 4. The maximum atomic E-state index is 13.3.